The Morgan fingerprint density at radius 2 is 2.10 bits per heavy atom. The summed E-state index contributed by atoms with van der Waals surface area (Å²) >= 11 is 5.74. The molecule has 1 aromatic rings. The van der Waals surface area contributed by atoms with Crippen LogP contribution in [0.2, 0.25) is 5.15 Å². The number of amides is 1. The third kappa shape index (κ3) is 3.48. The summed E-state index contributed by atoms with van der Waals surface area (Å²) < 4.78 is 0. The van der Waals surface area contributed by atoms with Crippen molar-refractivity contribution in [3.63, 3.8) is 0 Å². The summed E-state index contributed by atoms with van der Waals surface area (Å²) in [6.07, 6.45) is 2.38. The molecule has 21 heavy (non-hydrogen) atoms. The topological polar surface area (TPSA) is 79.6 Å². The number of hydrogen-bond donors (Lipinski definition) is 0. The second kappa shape index (κ2) is 6.82. The van der Waals surface area contributed by atoms with Gasteiger partial charge in [0, 0.05) is 32.4 Å². The van der Waals surface area contributed by atoms with E-state index in [1.807, 2.05) is 0 Å². The number of carbonyl (C=O) groups excluding carboxylic acids is 1. The lowest BCUT2D eigenvalue weighted by Gasteiger charge is -2.34. The van der Waals surface area contributed by atoms with Crippen LogP contribution in [0.25, 0.3) is 0 Å². The van der Waals surface area contributed by atoms with Crippen LogP contribution in [-0.2, 0) is 0 Å². The van der Waals surface area contributed by atoms with Crippen molar-refractivity contribution in [3.8, 4) is 0 Å². The molecular weight excluding hydrogens is 296 g/mol. The van der Waals surface area contributed by atoms with Gasteiger partial charge in [-0.2, -0.15) is 0 Å². The maximum Gasteiger partial charge on any atom is 0.319 e. The Kier molecular flexibility index (Phi) is 5.08. The Balaban J connectivity index is 2.15. The summed E-state index contributed by atoms with van der Waals surface area (Å²) in [5.74, 6) is -0.359. The summed E-state index contributed by atoms with van der Waals surface area (Å²) in [6, 6.07) is 1.35. The predicted octanol–water partition coefficient (Wildman–Crippen LogP) is 1.81. The van der Waals surface area contributed by atoms with Gasteiger partial charge < -0.3 is 4.90 Å². The van der Waals surface area contributed by atoms with E-state index in [9.17, 15) is 14.9 Å². The Labute approximate surface area is 127 Å². The van der Waals surface area contributed by atoms with Crippen LogP contribution in [0.1, 0.15) is 23.7 Å². The van der Waals surface area contributed by atoms with Gasteiger partial charge in [0.25, 0.3) is 5.91 Å². The number of aromatic nitrogens is 1. The van der Waals surface area contributed by atoms with Gasteiger partial charge in [0.05, 0.1) is 4.92 Å². The molecular formula is C13H17ClN4O3. The molecule has 0 aliphatic carbocycles. The molecule has 114 valence electrons. The molecule has 1 aromatic heterocycles. The molecule has 0 aromatic carbocycles. The monoisotopic (exact) mass is 312 g/mol. The normalized spacial score (nSPS) is 16.0. The lowest BCUT2D eigenvalue weighted by Crippen LogP contribution is -2.48. The van der Waals surface area contributed by atoms with E-state index in [1.54, 1.807) is 4.90 Å². The summed E-state index contributed by atoms with van der Waals surface area (Å²) in [6.45, 7) is 5.81. The van der Waals surface area contributed by atoms with Crippen molar-refractivity contribution in [3.05, 3.63) is 33.1 Å². The first kappa shape index (κ1) is 15.7. The number of carbonyl (C=O) groups is 1. The molecule has 1 amide bonds. The number of rotatable bonds is 4. The molecule has 0 bridgehead atoms. The van der Waals surface area contributed by atoms with E-state index in [4.69, 9.17) is 11.6 Å². The number of nitro groups is 1. The average Bonchev–Trinajstić information content (AvgIpc) is 2.47. The van der Waals surface area contributed by atoms with Gasteiger partial charge in [-0.1, -0.05) is 18.5 Å². The van der Waals surface area contributed by atoms with Gasteiger partial charge in [-0.05, 0) is 19.0 Å². The van der Waals surface area contributed by atoms with E-state index in [0.29, 0.717) is 13.1 Å². The summed E-state index contributed by atoms with van der Waals surface area (Å²) in [5.41, 5.74) is -0.413. The second-order valence-electron chi connectivity index (χ2n) is 4.89. The van der Waals surface area contributed by atoms with Crippen molar-refractivity contribution >= 4 is 23.2 Å². The maximum absolute atomic E-state index is 12.5. The third-order valence-electron chi connectivity index (χ3n) is 3.49. The molecule has 0 radical (unpaired) electrons. The molecule has 1 fully saturated rings. The highest BCUT2D eigenvalue weighted by Crippen LogP contribution is 2.27. The summed E-state index contributed by atoms with van der Waals surface area (Å²) in [4.78, 5) is 30.4. The molecule has 1 aliphatic rings. The molecule has 2 heterocycles. The van der Waals surface area contributed by atoms with Crippen LogP contribution >= 0.6 is 11.6 Å². The average molecular weight is 313 g/mol. The quantitative estimate of drug-likeness (QED) is 0.481. The maximum atomic E-state index is 12.5. The fraction of sp³-hybridized carbons (Fsp3) is 0.538. The lowest BCUT2D eigenvalue weighted by molar-refractivity contribution is -0.385. The van der Waals surface area contributed by atoms with Crippen molar-refractivity contribution in [2.24, 2.45) is 0 Å². The second-order valence-corrected chi connectivity index (χ2v) is 5.25. The van der Waals surface area contributed by atoms with Crippen molar-refractivity contribution in [2.75, 3.05) is 32.7 Å². The Bertz CT molecular complexity index is 544. The molecule has 0 atom stereocenters. The van der Waals surface area contributed by atoms with Crippen LogP contribution in [-0.4, -0.2) is 58.3 Å². The van der Waals surface area contributed by atoms with E-state index < -0.39 is 10.6 Å². The SMILES string of the molecule is CCCN1CCN(C(=O)c2ccnc(Cl)c2[N+](=O)[O-])CC1. The lowest BCUT2D eigenvalue weighted by atomic mass is 10.2. The van der Waals surface area contributed by atoms with Crippen LogP contribution in [0.4, 0.5) is 5.69 Å². The van der Waals surface area contributed by atoms with Gasteiger partial charge in [0.1, 0.15) is 5.56 Å². The molecule has 7 nitrogen and oxygen atoms in total. The van der Waals surface area contributed by atoms with Gasteiger partial charge in [0.2, 0.25) is 5.15 Å². The number of nitrogens with zero attached hydrogens (tertiary/aromatic N) is 4. The van der Waals surface area contributed by atoms with Crippen LogP contribution in [0, 0.1) is 10.1 Å². The molecule has 1 aliphatic heterocycles. The van der Waals surface area contributed by atoms with Crippen LogP contribution < -0.4 is 0 Å². The Morgan fingerprint density at radius 1 is 1.43 bits per heavy atom. The number of halogens is 1. The van der Waals surface area contributed by atoms with Crippen molar-refractivity contribution in [1.82, 2.24) is 14.8 Å². The zero-order valence-corrected chi connectivity index (χ0v) is 12.5. The first-order valence-corrected chi connectivity index (χ1v) is 7.23. The summed E-state index contributed by atoms with van der Waals surface area (Å²) in [5, 5.41) is 10.8. The molecule has 2 rings (SSSR count). The van der Waals surface area contributed by atoms with Gasteiger partial charge in [-0.25, -0.2) is 4.98 Å². The predicted molar refractivity (Wildman–Crippen MR) is 78.5 cm³/mol. The Hall–Kier alpha value is -1.73. The van der Waals surface area contributed by atoms with E-state index in [-0.39, 0.29) is 16.6 Å². The highest BCUT2D eigenvalue weighted by molar-refractivity contribution is 6.32. The fourth-order valence-corrected chi connectivity index (χ4v) is 2.66. The van der Waals surface area contributed by atoms with E-state index in [1.165, 1.54) is 12.3 Å². The van der Waals surface area contributed by atoms with Crippen LogP contribution in [0.3, 0.4) is 0 Å². The van der Waals surface area contributed by atoms with Crippen molar-refractivity contribution in [2.45, 2.75) is 13.3 Å². The molecule has 1 saturated heterocycles. The van der Waals surface area contributed by atoms with E-state index >= 15 is 0 Å². The Morgan fingerprint density at radius 3 is 2.67 bits per heavy atom. The van der Waals surface area contributed by atoms with Gasteiger partial charge in [-0.15, -0.1) is 0 Å². The molecule has 8 heteroatoms. The smallest absolute Gasteiger partial charge is 0.319 e. The summed E-state index contributed by atoms with van der Waals surface area (Å²) in [7, 11) is 0. The minimum absolute atomic E-state index is 0.00365. The van der Waals surface area contributed by atoms with Gasteiger partial charge >= 0.3 is 5.69 Å². The van der Waals surface area contributed by atoms with Gasteiger partial charge in [-0.3, -0.25) is 19.8 Å². The fourth-order valence-electron chi connectivity index (χ4n) is 2.44. The van der Waals surface area contributed by atoms with Crippen molar-refractivity contribution < 1.29 is 9.72 Å². The number of piperazine rings is 1. The van der Waals surface area contributed by atoms with Crippen LogP contribution in [0.15, 0.2) is 12.3 Å². The molecule has 0 spiro atoms. The van der Waals surface area contributed by atoms with E-state index in [2.05, 4.69) is 16.8 Å². The minimum Gasteiger partial charge on any atom is -0.336 e. The first-order valence-electron chi connectivity index (χ1n) is 6.85. The highest BCUT2D eigenvalue weighted by Gasteiger charge is 2.29. The highest BCUT2D eigenvalue weighted by atomic mass is 35.5. The third-order valence-corrected chi connectivity index (χ3v) is 3.77. The number of hydrogen-bond acceptors (Lipinski definition) is 5. The minimum atomic E-state index is -0.657. The van der Waals surface area contributed by atoms with Crippen LogP contribution in [0.5, 0.6) is 0 Å². The molecule has 0 saturated carbocycles. The first-order chi connectivity index (χ1) is 10.0. The van der Waals surface area contributed by atoms with Gasteiger partial charge in [0.15, 0.2) is 0 Å². The largest absolute Gasteiger partial charge is 0.336 e. The number of pyridine rings is 1. The zero-order valence-electron chi connectivity index (χ0n) is 11.8. The van der Waals surface area contributed by atoms with E-state index in [0.717, 1.165) is 26.1 Å². The van der Waals surface area contributed by atoms with Crippen molar-refractivity contribution in [1.29, 1.82) is 0 Å². The standard InChI is InChI=1S/C13H17ClN4O3/c1-2-5-16-6-8-17(9-7-16)13(19)10-3-4-15-12(14)11(10)18(20)21/h3-4H,2,5-9H2,1H3. The molecule has 0 N–H and O–H groups in total. The molecule has 0 unspecified atom stereocenters. The zero-order chi connectivity index (χ0) is 15.4.